The minimum absolute atomic E-state index is 0.406. The van der Waals surface area contributed by atoms with Crippen LogP contribution >= 0.6 is 11.8 Å². The van der Waals surface area contributed by atoms with E-state index in [1.807, 2.05) is 38.3 Å². The number of hydrogen-bond acceptors (Lipinski definition) is 3. The molecular weight excluding hydrogens is 288 g/mol. The Morgan fingerprint density at radius 3 is 2.33 bits per heavy atom. The molecule has 6 heteroatoms. The van der Waals surface area contributed by atoms with Gasteiger partial charge in [0.05, 0.1) is 0 Å². The fourth-order valence-electron chi connectivity index (χ4n) is 2.00. The topological polar surface area (TPSA) is 69.6 Å². The average Bonchev–Trinajstić information content (AvgIpc) is 2.40. The number of carbonyl (C=O) groups is 2. The molecule has 0 bridgehead atoms. The number of aliphatic carboxylic acids is 1. The highest BCUT2D eigenvalue weighted by atomic mass is 32.2. The van der Waals surface area contributed by atoms with Crippen LogP contribution in [0.15, 0.2) is 18.2 Å². The number of benzene rings is 1. The van der Waals surface area contributed by atoms with Crippen LogP contribution in [0.5, 0.6) is 0 Å². The molecule has 2 amide bonds. The first kappa shape index (κ1) is 17.4. The van der Waals surface area contributed by atoms with E-state index in [1.54, 1.807) is 18.8 Å². The van der Waals surface area contributed by atoms with E-state index in [4.69, 9.17) is 5.11 Å². The summed E-state index contributed by atoms with van der Waals surface area (Å²) in [5, 5.41) is 11.7. The highest BCUT2D eigenvalue weighted by Crippen LogP contribution is 2.17. The van der Waals surface area contributed by atoms with Crippen LogP contribution in [-0.4, -0.2) is 42.2 Å². The maximum atomic E-state index is 12.2. The van der Waals surface area contributed by atoms with E-state index in [0.717, 1.165) is 16.8 Å². The van der Waals surface area contributed by atoms with Gasteiger partial charge in [-0.25, -0.2) is 9.59 Å². The lowest BCUT2D eigenvalue weighted by atomic mass is 10.1. The molecule has 0 aliphatic carbocycles. The van der Waals surface area contributed by atoms with Gasteiger partial charge in [-0.3, -0.25) is 4.90 Å². The molecule has 0 saturated heterocycles. The van der Waals surface area contributed by atoms with E-state index in [0.29, 0.717) is 12.2 Å². The normalized spacial score (nSPS) is 11.8. The SMILES string of the molecule is CSCCC(NC(=O)N(C)c1cc(C)cc(C)c1)C(=O)O. The van der Waals surface area contributed by atoms with Crippen LogP contribution in [0.2, 0.25) is 0 Å². The minimum Gasteiger partial charge on any atom is -0.480 e. The average molecular weight is 310 g/mol. The van der Waals surface area contributed by atoms with E-state index in [9.17, 15) is 9.59 Å². The molecule has 0 aromatic heterocycles. The van der Waals surface area contributed by atoms with Gasteiger partial charge in [0.15, 0.2) is 0 Å². The Labute approximate surface area is 129 Å². The van der Waals surface area contributed by atoms with E-state index in [-0.39, 0.29) is 0 Å². The molecule has 1 atom stereocenters. The molecule has 1 rings (SSSR count). The summed E-state index contributed by atoms with van der Waals surface area (Å²) in [7, 11) is 1.64. The smallest absolute Gasteiger partial charge is 0.326 e. The first-order valence-electron chi connectivity index (χ1n) is 6.69. The standard InChI is InChI=1S/C15H22N2O3S/c1-10-7-11(2)9-12(8-10)17(3)15(20)16-13(14(18)19)5-6-21-4/h7-9,13H,5-6H2,1-4H3,(H,16,20)(H,18,19). The fraction of sp³-hybridized carbons (Fsp3) is 0.467. The van der Waals surface area contributed by atoms with Gasteiger partial charge >= 0.3 is 12.0 Å². The second kappa shape index (κ2) is 7.93. The van der Waals surface area contributed by atoms with Crippen molar-refractivity contribution in [2.24, 2.45) is 0 Å². The monoisotopic (exact) mass is 310 g/mol. The maximum absolute atomic E-state index is 12.2. The van der Waals surface area contributed by atoms with Gasteiger partial charge in [0.1, 0.15) is 6.04 Å². The lowest BCUT2D eigenvalue weighted by Gasteiger charge is -2.22. The Bertz CT molecular complexity index is 499. The molecular formula is C15H22N2O3S. The Kier molecular flexibility index (Phi) is 6.55. The molecule has 21 heavy (non-hydrogen) atoms. The Hall–Kier alpha value is -1.69. The van der Waals surface area contributed by atoms with Crippen LogP contribution < -0.4 is 10.2 Å². The Balaban J connectivity index is 2.78. The van der Waals surface area contributed by atoms with Crippen molar-refractivity contribution in [1.82, 2.24) is 5.32 Å². The summed E-state index contributed by atoms with van der Waals surface area (Å²) in [4.78, 5) is 24.8. The summed E-state index contributed by atoms with van der Waals surface area (Å²) in [6, 6.07) is 4.54. The van der Waals surface area contributed by atoms with Crippen LogP contribution in [0.25, 0.3) is 0 Å². The molecule has 0 aliphatic heterocycles. The second-order valence-corrected chi connectivity index (χ2v) is 6.01. The number of nitrogens with zero attached hydrogens (tertiary/aromatic N) is 1. The predicted molar refractivity (Wildman–Crippen MR) is 87.3 cm³/mol. The quantitative estimate of drug-likeness (QED) is 0.847. The number of aryl methyl sites for hydroxylation is 2. The summed E-state index contributed by atoms with van der Waals surface area (Å²) in [6.07, 6.45) is 2.31. The fourth-order valence-corrected chi connectivity index (χ4v) is 2.47. The van der Waals surface area contributed by atoms with E-state index in [2.05, 4.69) is 5.32 Å². The number of rotatable bonds is 6. The summed E-state index contributed by atoms with van der Waals surface area (Å²) in [6.45, 7) is 3.92. The summed E-state index contributed by atoms with van der Waals surface area (Å²) in [5.41, 5.74) is 2.86. The number of thioether (sulfide) groups is 1. The van der Waals surface area contributed by atoms with Crippen molar-refractivity contribution in [2.45, 2.75) is 26.3 Å². The van der Waals surface area contributed by atoms with Crippen molar-refractivity contribution in [2.75, 3.05) is 24.0 Å². The zero-order valence-corrected chi connectivity index (χ0v) is 13.7. The molecule has 0 radical (unpaired) electrons. The van der Waals surface area contributed by atoms with Crippen molar-refractivity contribution >= 4 is 29.4 Å². The van der Waals surface area contributed by atoms with Gasteiger partial charge in [0.25, 0.3) is 0 Å². The molecule has 116 valence electrons. The third kappa shape index (κ3) is 5.30. The maximum Gasteiger partial charge on any atom is 0.326 e. The van der Waals surface area contributed by atoms with Crippen LogP contribution in [0.3, 0.4) is 0 Å². The molecule has 2 N–H and O–H groups in total. The molecule has 5 nitrogen and oxygen atoms in total. The summed E-state index contributed by atoms with van der Waals surface area (Å²) >= 11 is 1.55. The number of amides is 2. The van der Waals surface area contributed by atoms with Gasteiger partial charge in [-0.05, 0) is 55.5 Å². The van der Waals surface area contributed by atoms with Crippen LogP contribution in [0, 0.1) is 13.8 Å². The molecule has 1 aromatic carbocycles. The van der Waals surface area contributed by atoms with Crippen LogP contribution in [0.1, 0.15) is 17.5 Å². The second-order valence-electron chi connectivity index (χ2n) is 5.03. The van der Waals surface area contributed by atoms with Crippen molar-refractivity contribution in [3.63, 3.8) is 0 Å². The molecule has 0 aliphatic rings. The van der Waals surface area contributed by atoms with Crippen LogP contribution in [0.4, 0.5) is 10.5 Å². The molecule has 1 aromatic rings. The van der Waals surface area contributed by atoms with E-state index >= 15 is 0 Å². The number of anilines is 1. The summed E-state index contributed by atoms with van der Waals surface area (Å²) < 4.78 is 0. The third-order valence-electron chi connectivity index (χ3n) is 3.10. The van der Waals surface area contributed by atoms with E-state index in [1.165, 1.54) is 4.90 Å². The van der Waals surface area contributed by atoms with Crippen LogP contribution in [-0.2, 0) is 4.79 Å². The first-order chi connectivity index (χ1) is 9.85. The summed E-state index contributed by atoms with van der Waals surface area (Å²) in [5.74, 6) is -0.323. The molecule has 0 saturated carbocycles. The minimum atomic E-state index is -1.01. The lowest BCUT2D eigenvalue weighted by molar-refractivity contribution is -0.139. The van der Waals surface area contributed by atoms with Gasteiger partial charge in [-0.2, -0.15) is 11.8 Å². The number of hydrogen-bond donors (Lipinski definition) is 2. The number of urea groups is 1. The van der Waals surface area contributed by atoms with Gasteiger partial charge in [-0.1, -0.05) is 6.07 Å². The first-order valence-corrected chi connectivity index (χ1v) is 8.08. The predicted octanol–water partition coefficient (Wildman–Crippen LogP) is 2.66. The van der Waals surface area contributed by atoms with Gasteiger partial charge < -0.3 is 10.4 Å². The molecule has 1 unspecified atom stereocenters. The van der Waals surface area contributed by atoms with Crippen molar-refractivity contribution in [3.8, 4) is 0 Å². The number of carboxylic acids is 1. The van der Waals surface area contributed by atoms with E-state index < -0.39 is 18.0 Å². The zero-order chi connectivity index (χ0) is 16.0. The number of carbonyl (C=O) groups excluding carboxylic acids is 1. The number of carboxylic acid groups (broad SMARTS) is 1. The lowest BCUT2D eigenvalue weighted by Crippen LogP contribution is -2.47. The third-order valence-corrected chi connectivity index (χ3v) is 3.75. The molecule has 0 heterocycles. The van der Waals surface area contributed by atoms with Crippen molar-refractivity contribution in [3.05, 3.63) is 29.3 Å². The van der Waals surface area contributed by atoms with Gasteiger partial charge in [-0.15, -0.1) is 0 Å². The number of nitrogens with one attached hydrogen (secondary N) is 1. The Morgan fingerprint density at radius 2 is 1.86 bits per heavy atom. The zero-order valence-electron chi connectivity index (χ0n) is 12.8. The van der Waals surface area contributed by atoms with Gasteiger partial charge in [0.2, 0.25) is 0 Å². The Morgan fingerprint density at radius 1 is 1.29 bits per heavy atom. The van der Waals surface area contributed by atoms with Crippen molar-refractivity contribution < 1.29 is 14.7 Å². The molecule has 0 fully saturated rings. The molecule has 0 spiro atoms. The highest BCUT2D eigenvalue weighted by Gasteiger charge is 2.22. The van der Waals surface area contributed by atoms with Gasteiger partial charge in [0, 0.05) is 12.7 Å². The highest BCUT2D eigenvalue weighted by molar-refractivity contribution is 7.98. The largest absolute Gasteiger partial charge is 0.480 e. The van der Waals surface area contributed by atoms with Crippen molar-refractivity contribution in [1.29, 1.82) is 0 Å².